The smallest absolute Gasteiger partial charge is 0.256 e. The van der Waals surface area contributed by atoms with Gasteiger partial charge in [0.15, 0.2) is 0 Å². The number of aryl methyl sites for hydroxylation is 3. The highest BCUT2D eigenvalue weighted by Crippen LogP contribution is 2.31. The van der Waals surface area contributed by atoms with Gasteiger partial charge in [0.1, 0.15) is 5.82 Å². The zero-order valence-electron chi connectivity index (χ0n) is 16.8. The van der Waals surface area contributed by atoms with Crippen LogP contribution in [0, 0.1) is 13.8 Å². The van der Waals surface area contributed by atoms with Gasteiger partial charge in [-0.05, 0) is 50.9 Å². The van der Waals surface area contributed by atoms with Crippen molar-refractivity contribution in [3.8, 4) is 0 Å². The fourth-order valence-corrected chi connectivity index (χ4v) is 4.36. The van der Waals surface area contributed by atoms with Crippen molar-refractivity contribution in [1.29, 1.82) is 0 Å². The van der Waals surface area contributed by atoms with E-state index in [2.05, 4.69) is 32.6 Å². The van der Waals surface area contributed by atoms with E-state index in [4.69, 9.17) is 0 Å². The molecule has 1 aromatic carbocycles. The average molecular weight is 388 g/mol. The maximum Gasteiger partial charge on any atom is 0.256 e. The fourth-order valence-electron chi connectivity index (χ4n) is 4.36. The molecule has 1 amide bonds. The second-order valence-corrected chi connectivity index (χ2v) is 7.82. The lowest BCUT2D eigenvalue weighted by Crippen LogP contribution is -2.13. The molecule has 4 aromatic rings. The van der Waals surface area contributed by atoms with E-state index in [0.717, 1.165) is 40.5 Å². The molecule has 3 N–H and O–H groups in total. The lowest BCUT2D eigenvalue weighted by molar-refractivity contribution is 0.102. The molecule has 1 aliphatic rings. The topological polar surface area (TPSA) is 87.6 Å². The Morgan fingerprint density at radius 1 is 1.24 bits per heavy atom. The van der Waals surface area contributed by atoms with Crippen LogP contribution in [-0.2, 0) is 7.05 Å². The summed E-state index contributed by atoms with van der Waals surface area (Å²) in [5.41, 5.74) is 5.92. The van der Waals surface area contributed by atoms with E-state index in [9.17, 15) is 4.79 Å². The predicted octanol–water partition coefficient (Wildman–Crippen LogP) is 3.74. The highest BCUT2D eigenvalue weighted by atomic mass is 16.1. The third kappa shape index (κ3) is 2.98. The van der Waals surface area contributed by atoms with Crippen molar-refractivity contribution in [3.63, 3.8) is 0 Å². The van der Waals surface area contributed by atoms with E-state index >= 15 is 0 Å². The van der Waals surface area contributed by atoms with Gasteiger partial charge in [-0.1, -0.05) is 6.07 Å². The van der Waals surface area contributed by atoms with E-state index in [0.29, 0.717) is 17.4 Å². The molecular weight excluding hydrogens is 364 g/mol. The third-order valence-electron chi connectivity index (χ3n) is 5.93. The predicted molar refractivity (Wildman–Crippen MR) is 114 cm³/mol. The van der Waals surface area contributed by atoms with Gasteiger partial charge in [0.05, 0.1) is 16.7 Å². The number of carbonyl (C=O) groups is 1. The largest absolute Gasteiger partial charge is 0.357 e. The number of carbonyl (C=O) groups excluding carboxylic acids is 1. The lowest BCUT2D eigenvalue weighted by Gasteiger charge is -2.08. The molecule has 1 saturated heterocycles. The zero-order chi connectivity index (χ0) is 20.1. The fraction of sp³-hybridized carbons (Fsp3) is 0.318. The summed E-state index contributed by atoms with van der Waals surface area (Å²) in [6, 6.07) is 7.91. The van der Waals surface area contributed by atoms with Crippen LogP contribution in [0.1, 0.15) is 46.2 Å². The van der Waals surface area contributed by atoms with Gasteiger partial charge in [0, 0.05) is 47.4 Å². The van der Waals surface area contributed by atoms with Gasteiger partial charge < -0.3 is 15.6 Å². The van der Waals surface area contributed by atoms with Crippen molar-refractivity contribution >= 4 is 33.5 Å². The summed E-state index contributed by atoms with van der Waals surface area (Å²) in [4.78, 5) is 20.8. The molecule has 0 saturated carbocycles. The van der Waals surface area contributed by atoms with Gasteiger partial charge in [-0.15, -0.1) is 0 Å². The summed E-state index contributed by atoms with van der Waals surface area (Å²) in [5, 5.41) is 13.0. The Balaban J connectivity index is 1.43. The molecule has 5 rings (SSSR count). The summed E-state index contributed by atoms with van der Waals surface area (Å²) in [5.74, 6) is 0.356. The first-order valence-electron chi connectivity index (χ1n) is 9.97. The SMILES string of the molecule is Cc1c(C2CCCN2)[nH]c2cc(NC(=O)c3ccc4c(C)nn(C)c4c3)ncc12. The first-order chi connectivity index (χ1) is 14.0. The molecular formula is C22H24N6O. The minimum atomic E-state index is -0.182. The monoisotopic (exact) mass is 388 g/mol. The average Bonchev–Trinajstić information content (AvgIpc) is 3.41. The van der Waals surface area contributed by atoms with E-state index < -0.39 is 0 Å². The first kappa shape index (κ1) is 17.9. The molecule has 0 bridgehead atoms. The molecule has 1 fully saturated rings. The summed E-state index contributed by atoms with van der Waals surface area (Å²) >= 11 is 0. The Bertz CT molecular complexity index is 1250. The highest BCUT2D eigenvalue weighted by molar-refractivity contribution is 6.06. The number of H-pyrrole nitrogens is 1. The zero-order valence-corrected chi connectivity index (χ0v) is 16.8. The standard InChI is InChI=1S/C22H24N6O/c1-12-16-11-24-20(10-18(16)25-21(12)17-5-4-8-23-17)26-22(29)14-6-7-15-13(2)27-28(3)19(15)9-14/h6-7,9-11,17,23,25H,4-5,8H2,1-3H3,(H,24,26,29). The van der Waals surface area contributed by atoms with Crippen LogP contribution < -0.4 is 10.6 Å². The Hall–Kier alpha value is -3.19. The van der Waals surface area contributed by atoms with Crippen LogP contribution in [0.3, 0.4) is 0 Å². The Labute approximate surface area is 168 Å². The molecule has 7 heteroatoms. The van der Waals surface area contributed by atoms with Gasteiger partial charge in [-0.25, -0.2) is 4.98 Å². The van der Waals surface area contributed by atoms with Crippen LogP contribution in [0.25, 0.3) is 21.8 Å². The Morgan fingerprint density at radius 2 is 2.10 bits per heavy atom. The third-order valence-corrected chi connectivity index (χ3v) is 5.93. The molecule has 29 heavy (non-hydrogen) atoms. The number of amides is 1. The number of nitrogens with one attached hydrogen (secondary N) is 3. The number of fused-ring (bicyclic) bond motifs is 2. The Morgan fingerprint density at radius 3 is 2.90 bits per heavy atom. The number of benzene rings is 1. The Kier molecular flexibility index (Phi) is 4.13. The van der Waals surface area contributed by atoms with Crippen LogP contribution >= 0.6 is 0 Å². The van der Waals surface area contributed by atoms with E-state index in [1.54, 1.807) is 4.68 Å². The van der Waals surface area contributed by atoms with Gasteiger partial charge >= 0.3 is 0 Å². The molecule has 148 valence electrons. The summed E-state index contributed by atoms with van der Waals surface area (Å²) in [7, 11) is 1.89. The summed E-state index contributed by atoms with van der Waals surface area (Å²) < 4.78 is 1.80. The van der Waals surface area contributed by atoms with Crippen molar-refractivity contribution in [3.05, 3.63) is 53.0 Å². The van der Waals surface area contributed by atoms with Crippen molar-refractivity contribution in [2.45, 2.75) is 32.7 Å². The van der Waals surface area contributed by atoms with Gasteiger partial charge in [0.25, 0.3) is 5.91 Å². The molecule has 3 aromatic heterocycles. The normalized spacial score (nSPS) is 16.7. The van der Waals surface area contributed by atoms with Crippen molar-refractivity contribution in [2.24, 2.45) is 7.05 Å². The molecule has 4 heterocycles. The molecule has 0 radical (unpaired) electrons. The van der Waals surface area contributed by atoms with Gasteiger partial charge in [-0.3, -0.25) is 9.48 Å². The van der Waals surface area contributed by atoms with Crippen LogP contribution in [-0.4, -0.2) is 32.2 Å². The van der Waals surface area contributed by atoms with Gasteiger partial charge in [-0.2, -0.15) is 5.10 Å². The second-order valence-electron chi connectivity index (χ2n) is 7.82. The van der Waals surface area contributed by atoms with E-state index in [-0.39, 0.29) is 5.91 Å². The molecule has 1 unspecified atom stereocenters. The number of pyridine rings is 1. The number of hydrogen-bond donors (Lipinski definition) is 3. The van der Waals surface area contributed by atoms with Crippen molar-refractivity contribution in [1.82, 2.24) is 25.1 Å². The summed E-state index contributed by atoms with van der Waals surface area (Å²) in [6.45, 7) is 5.15. The molecule has 1 aliphatic heterocycles. The first-order valence-corrected chi connectivity index (χ1v) is 9.97. The van der Waals surface area contributed by atoms with Gasteiger partial charge in [0.2, 0.25) is 0 Å². The number of aromatic nitrogens is 4. The minimum absolute atomic E-state index is 0.182. The number of hydrogen-bond acceptors (Lipinski definition) is 4. The minimum Gasteiger partial charge on any atom is -0.357 e. The van der Waals surface area contributed by atoms with Crippen LogP contribution in [0.15, 0.2) is 30.5 Å². The number of aromatic amines is 1. The molecule has 0 aliphatic carbocycles. The maximum atomic E-state index is 12.8. The van der Waals surface area contributed by atoms with Crippen molar-refractivity contribution < 1.29 is 4.79 Å². The lowest BCUT2D eigenvalue weighted by atomic mass is 10.1. The number of nitrogens with zero attached hydrogens (tertiary/aromatic N) is 3. The molecule has 0 spiro atoms. The molecule has 1 atom stereocenters. The number of anilines is 1. The van der Waals surface area contributed by atoms with Crippen LogP contribution in [0.4, 0.5) is 5.82 Å². The van der Waals surface area contributed by atoms with E-state index in [1.807, 2.05) is 44.4 Å². The van der Waals surface area contributed by atoms with Crippen LogP contribution in [0.5, 0.6) is 0 Å². The summed E-state index contributed by atoms with van der Waals surface area (Å²) in [6.07, 6.45) is 4.17. The quantitative estimate of drug-likeness (QED) is 0.499. The van der Waals surface area contributed by atoms with E-state index in [1.165, 1.54) is 17.7 Å². The number of rotatable bonds is 3. The van der Waals surface area contributed by atoms with Crippen molar-refractivity contribution in [2.75, 3.05) is 11.9 Å². The molecule has 7 nitrogen and oxygen atoms in total. The highest BCUT2D eigenvalue weighted by Gasteiger charge is 2.21. The second kappa shape index (κ2) is 6.70. The maximum absolute atomic E-state index is 12.8. The van der Waals surface area contributed by atoms with Crippen LogP contribution in [0.2, 0.25) is 0 Å².